The van der Waals surface area contributed by atoms with Crippen molar-refractivity contribution in [2.45, 2.75) is 50.9 Å². The minimum atomic E-state index is -0.138. The van der Waals surface area contributed by atoms with E-state index in [9.17, 15) is 4.79 Å². The number of rotatable bonds is 5. The number of ether oxygens (including phenoxy) is 1. The zero-order chi connectivity index (χ0) is 19.0. The molecule has 27 heavy (non-hydrogen) atoms. The Kier molecular flexibility index (Phi) is 4.66. The Hall–Kier alpha value is -2.37. The van der Waals surface area contributed by atoms with Crippen molar-refractivity contribution in [1.82, 2.24) is 15.0 Å². The lowest BCUT2D eigenvalue weighted by atomic mass is 9.80. The van der Waals surface area contributed by atoms with Crippen LogP contribution >= 0.6 is 0 Å². The number of fused-ring (bicyclic) bond motifs is 1. The van der Waals surface area contributed by atoms with Gasteiger partial charge < -0.3 is 14.2 Å². The number of likely N-dealkylation sites (tertiary alicyclic amines) is 1. The lowest BCUT2D eigenvalue weighted by Crippen LogP contribution is -2.36. The van der Waals surface area contributed by atoms with Crippen LogP contribution in [-0.4, -0.2) is 41.1 Å². The highest BCUT2D eigenvalue weighted by molar-refractivity contribution is 5.79. The first-order chi connectivity index (χ1) is 13.0. The van der Waals surface area contributed by atoms with Crippen LogP contribution in [0.15, 0.2) is 28.8 Å². The summed E-state index contributed by atoms with van der Waals surface area (Å²) in [6.45, 7) is 5.59. The number of benzene rings is 1. The number of hydrogen-bond acceptors (Lipinski definition) is 5. The molecular formula is C21H27N3O3. The van der Waals surface area contributed by atoms with Gasteiger partial charge in [0.25, 0.3) is 0 Å². The van der Waals surface area contributed by atoms with E-state index in [1.54, 1.807) is 7.11 Å². The fourth-order valence-electron chi connectivity index (χ4n) is 4.59. The van der Waals surface area contributed by atoms with E-state index < -0.39 is 0 Å². The summed E-state index contributed by atoms with van der Waals surface area (Å²) in [4.78, 5) is 19.6. The largest absolute Gasteiger partial charge is 0.497 e. The molecule has 0 radical (unpaired) electrons. The Morgan fingerprint density at radius 3 is 3.04 bits per heavy atom. The molecule has 2 heterocycles. The second kappa shape index (κ2) is 6.98. The van der Waals surface area contributed by atoms with E-state index in [0.717, 1.165) is 42.9 Å². The molecule has 1 aromatic heterocycles. The predicted molar refractivity (Wildman–Crippen MR) is 101 cm³/mol. The van der Waals surface area contributed by atoms with Crippen LogP contribution in [0.4, 0.5) is 0 Å². The van der Waals surface area contributed by atoms with Crippen LogP contribution in [0.2, 0.25) is 0 Å². The summed E-state index contributed by atoms with van der Waals surface area (Å²) in [6.07, 6.45) is 3.70. The monoisotopic (exact) mass is 369 g/mol. The first kappa shape index (κ1) is 18.0. The van der Waals surface area contributed by atoms with Crippen LogP contribution in [-0.2, 0) is 16.6 Å². The molecule has 4 rings (SSSR count). The maximum Gasteiger partial charge on any atom is 0.229 e. The van der Waals surface area contributed by atoms with Crippen molar-refractivity contribution in [3.63, 3.8) is 0 Å². The van der Waals surface area contributed by atoms with Gasteiger partial charge in [-0.25, -0.2) is 0 Å². The molecular weight excluding hydrogens is 342 g/mol. The number of amides is 1. The second-order valence-electron chi connectivity index (χ2n) is 8.16. The van der Waals surface area contributed by atoms with Crippen LogP contribution < -0.4 is 4.74 Å². The standard InChI is InChI=1S/C21H27N3O3/c1-14(2)19-22-20(23-27-19)21-9-5-7-16(21)12-24(13-21)18(25)11-15-6-4-8-17(10-15)26-3/h4,6,8,10,14,16H,5,7,9,11-13H2,1-3H3. The van der Waals surface area contributed by atoms with Gasteiger partial charge in [-0.3, -0.25) is 4.79 Å². The minimum Gasteiger partial charge on any atom is -0.497 e. The maximum atomic E-state index is 13.0. The number of methoxy groups -OCH3 is 1. The van der Waals surface area contributed by atoms with Crippen LogP contribution in [0.1, 0.15) is 56.3 Å². The van der Waals surface area contributed by atoms with E-state index in [1.807, 2.05) is 29.2 Å². The molecule has 1 saturated carbocycles. The van der Waals surface area contributed by atoms with E-state index in [0.29, 0.717) is 24.8 Å². The molecule has 0 spiro atoms. The Morgan fingerprint density at radius 2 is 2.30 bits per heavy atom. The summed E-state index contributed by atoms with van der Waals surface area (Å²) >= 11 is 0. The Morgan fingerprint density at radius 1 is 1.44 bits per heavy atom. The smallest absolute Gasteiger partial charge is 0.229 e. The van der Waals surface area contributed by atoms with Crippen LogP contribution in [0, 0.1) is 5.92 Å². The van der Waals surface area contributed by atoms with Gasteiger partial charge in [0, 0.05) is 19.0 Å². The first-order valence-electron chi connectivity index (χ1n) is 9.76. The van der Waals surface area contributed by atoms with E-state index in [1.165, 1.54) is 0 Å². The molecule has 1 aliphatic carbocycles. The number of hydrogen-bond donors (Lipinski definition) is 0. The molecule has 2 fully saturated rings. The van der Waals surface area contributed by atoms with Crippen molar-refractivity contribution in [3.05, 3.63) is 41.5 Å². The van der Waals surface area contributed by atoms with E-state index in [4.69, 9.17) is 14.2 Å². The van der Waals surface area contributed by atoms with Crippen molar-refractivity contribution in [1.29, 1.82) is 0 Å². The van der Waals surface area contributed by atoms with E-state index in [-0.39, 0.29) is 17.2 Å². The quantitative estimate of drug-likeness (QED) is 0.809. The summed E-state index contributed by atoms with van der Waals surface area (Å²) in [5.41, 5.74) is 0.841. The van der Waals surface area contributed by atoms with E-state index >= 15 is 0 Å². The van der Waals surface area contributed by atoms with Gasteiger partial charge in [0.1, 0.15) is 5.75 Å². The number of carbonyl (C=O) groups excluding carboxylic acids is 1. The molecule has 2 atom stereocenters. The molecule has 1 amide bonds. The van der Waals surface area contributed by atoms with Crippen molar-refractivity contribution in [2.75, 3.05) is 20.2 Å². The Balaban J connectivity index is 1.52. The fourth-order valence-corrected chi connectivity index (χ4v) is 4.59. The average molecular weight is 369 g/mol. The maximum absolute atomic E-state index is 13.0. The molecule has 0 N–H and O–H groups in total. The second-order valence-corrected chi connectivity index (χ2v) is 8.16. The van der Waals surface area contributed by atoms with Crippen LogP contribution in [0.5, 0.6) is 5.75 Å². The molecule has 1 saturated heterocycles. The Labute approximate surface area is 159 Å². The molecule has 0 bridgehead atoms. The van der Waals surface area contributed by atoms with Gasteiger partial charge in [-0.2, -0.15) is 4.98 Å². The van der Waals surface area contributed by atoms with Crippen LogP contribution in [0.3, 0.4) is 0 Å². The number of aromatic nitrogens is 2. The normalized spacial score (nSPS) is 24.4. The molecule has 2 aliphatic rings. The van der Waals surface area contributed by atoms with Crippen molar-refractivity contribution < 1.29 is 14.1 Å². The van der Waals surface area contributed by atoms with Gasteiger partial charge >= 0.3 is 0 Å². The zero-order valence-corrected chi connectivity index (χ0v) is 16.3. The highest BCUT2D eigenvalue weighted by Crippen LogP contribution is 2.49. The zero-order valence-electron chi connectivity index (χ0n) is 16.3. The van der Waals surface area contributed by atoms with Crippen molar-refractivity contribution in [2.24, 2.45) is 5.92 Å². The first-order valence-corrected chi connectivity index (χ1v) is 9.76. The summed E-state index contributed by atoms with van der Waals surface area (Å²) in [6, 6.07) is 7.72. The molecule has 144 valence electrons. The average Bonchev–Trinajstić information content (AvgIpc) is 3.35. The lowest BCUT2D eigenvalue weighted by Gasteiger charge is -2.24. The highest BCUT2D eigenvalue weighted by atomic mass is 16.5. The van der Waals surface area contributed by atoms with Gasteiger partial charge in [-0.1, -0.05) is 37.6 Å². The van der Waals surface area contributed by atoms with E-state index in [2.05, 4.69) is 19.0 Å². The van der Waals surface area contributed by atoms with Crippen molar-refractivity contribution >= 4 is 5.91 Å². The van der Waals surface area contributed by atoms with Gasteiger partial charge in [-0.15, -0.1) is 0 Å². The van der Waals surface area contributed by atoms with Crippen molar-refractivity contribution in [3.8, 4) is 5.75 Å². The predicted octanol–water partition coefficient (Wildman–Crippen LogP) is 3.32. The molecule has 1 aromatic carbocycles. The topological polar surface area (TPSA) is 68.5 Å². The fraction of sp³-hybridized carbons (Fsp3) is 0.571. The summed E-state index contributed by atoms with van der Waals surface area (Å²) in [5, 5.41) is 4.31. The van der Waals surface area contributed by atoms with Gasteiger partial charge in [0.15, 0.2) is 5.82 Å². The molecule has 2 unspecified atom stereocenters. The Bertz CT molecular complexity index is 832. The highest BCUT2D eigenvalue weighted by Gasteiger charge is 2.54. The molecule has 6 nitrogen and oxygen atoms in total. The summed E-state index contributed by atoms with van der Waals surface area (Å²) < 4.78 is 10.7. The summed E-state index contributed by atoms with van der Waals surface area (Å²) in [7, 11) is 1.64. The van der Waals surface area contributed by atoms with Gasteiger partial charge in [-0.05, 0) is 36.5 Å². The SMILES string of the molecule is COc1cccc(CC(=O)N2CC3CCCC3(c3noc(C(C)C)n3)C2)c1. The van der Waals surface area contributed by atoms with Crippen LogP contribution in [0.25, 0.3) is 0 Å². The van der Waals surface area contributed by atoms with Gasteiger partial charge in [0.2, 0.25) is 11.8 Å². The number of nitrogens with zero attached hydrogens (tertiary/aromatic N) is 3. The van der Waals surface area contributed by atoms with Gasteiger partial charge in [0.05, 0.1) is 18.9 Å². The molecule has 1 aliphatic heterocycles. The third-order valence-electron chi connectivity index (χ3n) is 6.09. The third-order valence-corrected chi connectivity index (χ3v) is 6.09. The number of carbonyl (C=O) groups is 1. The lowest BCUT2D eigenvalue weighted by molar-refractivity contribution is -0.129. The molecule has 6 heteroatoms. The minimum absolute atomic E-state index is 0.138. The molecule has 2 aromatic rings. The third kappa shape index (κ3) is 3.22. The summed E-state index contributed by atoms with van der Waals surface area (Å²) in [5.74, 6) is 3.06.